The van der Waals surface area contributed by atoms with Gasteiger partial charge < -0.3 is 4.90 Å². The number of rotatable bonds is 1. The first-order chi connectivity index (χ1) is 5.35. The van der Waals surface area contributed by atoms with Gasteiger partial charge in [0.2, 0.25) is 6.41 Å². The fourth-order valence-electron chi connectivity index (χ4n) is 0.886. The third-order valence-corrected chi connectivity index (χ3v) is 1.22. The molecule has 7 heteroatoms. The minimum atomic E-state index is -3.97. The Morgan fingerprint density at radius 1 is 1.17 bits per heavy atom. The molecular formula is C5H5F4NO2. The molecule has 0 saturated carbocycles. The number of alkyl halides is 4. The zero-order valence-electron chi connectivity index (χ0n) is 5.77. The maximum Gasteiger partial charge on any atom is 0.377 e. The van der Waals surface area contributed by atoms with Crippen LogP contribution in [-0.4, -0.2) is 36.6 Å². The standard InChI is InChI=1S/C5H5F4NO2/c6-4(7)1-10(3-11)2-5(8,9)12-4/h3H,1-2H2. The molecule has 1 saturated heterocycles. The summed E-state index contributed by atoms with van der Waals surface area (Å²) in [5.41, 5.74) is 0. The minimum absolute atomic E-state index is 0.0651. The Hall–Kier alpha value is -0.850. The fraction of sp³-hybridized carbons (Fsp3) is 0.800. The monoisotopic (exact) mass is 187 g/mol. The van der Waals surface area contributed by atoms with Crippen LogP contribution in [0.3, 0.4) is 0 Å². The molecule has 0 bridgehead atoms. The lowest BCUT2D eigenvalue weighted by atomic mass is 10.4. The van der Waals surface area contributed by atoms with E-state index in [9.17, 15) is 22.4 Å². The van der Waals surface area contributed by atoms with Crippen LogP contribution in [0.4, 0.5) is 17.6 Å². The second-order valence-electron chi connectivity index (χ2n) is 2.39. The Kier molecular flexibility index (Phi) is 1.99. The van der Waals surface area contributed by atoms with Crippen LogP contribution in [0, 0.1) is 0 Å². The lowest BCUT2D eigenvalue weighted by molar-refractivity contribution is -0.400. The predicted octanol–water partition coefficient (Wildman–Crippen LogP) is 0.661. The van der Waals surface area contributed by atoms with E-state index in [1.807, 2.05) is 0 Å². The average molecular weight is 187 g/mol. The third-order valence-electron chi connectivity index (χ3n) is 1.22. The minimum Gasteiger partial charge on any atom is -0.328 e. The van der Waals surface area contributed by atoms with Gasteiger partial charge in [-0.05, 0) is 0 Å². The first-order valence-electron chi connectivity index (χ1n) is 3.00. The number of nitrogens with zero attached hydrogens (tertiary/aromatic N) is 1. The normalized spacial score (nSPS) is 26.8. The predicted molar refractivity (Wildman–Crippen MR) is 28.6 cm³/mol. The summed E-state index contributed by atoms with van der Waals surface area (Å²) in [5.74, 6) is 0. The molecule has 1 aliphatic heterocycles. The van der Waals surface area contributed by atoms with Crippen LogP contribution in [0.15, 0.2) is 0 Å². The van der Waals surface area contributed by atoms with Gasteiger partial charge in [-0.3, -0.25) is 9.53 Å². The molecule has 1 fully saturated rings. The maximum atomic E-state index is 12.2. The molecule has 0 radical (unpaired) electrons. The molecule has 0 atom stereocenters. The number of halogens is 4. The van der Waals surface area contributed by atoms with Crippen molar-refractivity contribution in [3.63, 3.8) is 0 Å². The molecule has 1 rings (SSSR count). The Bertz CT molecular complexity index is 180. The van der Waals surface area contributed by atoms with Gasteiger partial charge >= 0.3 is 12.2 Å². The molecule has 1 amide bonds. The van der Waals surface area contributed by atoms with Crippen molar-refractivity contribution in [1.29, 1.82) is 0 Å². The number of amides is 1. The Morgan fingerprint density at radius 2 is 1.58 bits per heavy atom. The summed E-state index contributed by atoms with van der Waals surface area (Å²) >= 11 is 0. The highest BCUT2D eigenvalue weighted by Crippen LogP contribution is 2.32. The molecule has 12 heavy (non-hydrogen) atoms. The van der Waals surface area contributed by atoms with E-state index in [0.717, 1.165) is 0 Å². The number of ether oxygens (including phenoxy) is 1. The quantitative estimate of drug-likeness (QED) is 0.445. The second kappa shape index (κ2) is 2.58. The highest BCUT2D eigenvalue weighted by molar-refractivity contribution is 5.47. The van der Waals surface area contributed by atoms with Gasteiger partial charge in [0.05, 0.1) is 0 Å². The van der Waals surface area contributed by atoms with E-state index >= 15 is 0 Å². The van der Waals surface area contributed by atoms with Crippen molar-refractivity contribution in [3.8, 4) is 0 Å². The number of hydrogen-bond donors (Lipinski definition) is 0. The second-order valence-corrected chi connectivity index (χ2v) is 2.39. The van der Waals surface area contributed by atoms with Crippen molar-refractivity contribution >= 4 is 6.41 Å². The van der Waals surface area contributed by atoms with Crippen LogP contribution in [0.25, 0.3) is 0 Å². The molecule has 70 valence electrons. The van der Waals surface area contributed by atoms with E-state index < -0.39 is 25.3 Å². The summed E-state index contributed by atoms with van der Waals surface area (Å²) < 4.78 is 52.1. The van der Waals surface area contributed by atoms with Crippen LogP contribution >= 0.6 is 0 Å². The average Bonchev–Trinajstić information content (AvgIpc) is 1.80. The molecular weight excluding hydrogens is 182 g/mol. The topological polar surface area (TPSA) is 29.5 Å². The summed E-state index contributed by atoms with van der Waals surface area (Å²) in [6, 6.07) is 0. The first kappa shape index (κ1) is 9.24. The molecule has 1 aliphatic rings. The van der Waals surface area contributed by atoms with Crippen molar-refractivity contribution < 1.29 is 27.1 Å². The van der Waals surface area contributed by atoms with Gasteiger partial charge in [0, 0.05) is 0 Å². The smallest absolute Gasteiger partial charge is 0.328 e. The molecule has 0 aromatic heterocycles. The molecule has 0 aromatic rings. The Balaban J connectivity index is 2.72. The van der Waals surface area contributed by atoms with Gasteiger partial charge in [-0.15, -0.1) is 0 Å². The van der Waals surface area contributed by atoms with E-state index in [2.05, 4.69) is 4.74 Å². The largest absolute Gasteiger partial charge is 0.377 e. The van der Waals surface area contributed by atoms with Gasteiger partial charge in [-0.2, -0.15) is 17.6 Å². The summed E-state index contributed by atoms with van der Waals surface area (Å²) in [5, 5.41) is 0. The molecule has 0 spiro atoms. The van der Waals surface area contributed by atoms with Crippen LogP contribution < -0.4 is 0 Å². The molecule has 1 heterocycles. The van der Waals surface area contributed by atoms with Crippen molar-refractivity contribution in [2.24, 2.45) is 0 Å². The van der Waals surface area contributed by atoms with Crippen LogP contribution in [0.5, 0.6) is 0 Å². The third kappa shape index (κ3) is 2.07. The molecule has 0 aliphatic carbocycles. The highest BCUT2D eigenvalue weighted by atomic mass is 19.3. The Labute approximate surface area is 64.9 Å². The number of carbonyl (C=O) groups is 1. The van der Waals surface area contributed by atoms with Crippen LogP contribution in [0.1, 0.15) is 0 Å². The van der Waals surface area contributed by atoms with Crippen LogP contribution in [-0.2, 0) is 9.53 Å². The molecule has 3 nitrogen and oxygen atoms in total. The number of hydrogen-bond acceptors (Lipinski definition) is 2. The number of carbonyl (C=O) groups excluding carboxylic acids is 1. The molecule has 0 N–H and O–H groups in total. The van der Waals surface area contributed by atoms with Crippen molar-refractivity contribution in [2.45, 2.75) is 12.2 Å². The Morgan fingerprint density at radius 3 is 1.92 bits per heavy atom. The summed E-state index contributed by atoms with van der Waals surface area (Å²) in [6.45, 7) is -2.27. The molecule has 0 unspecified atom stereocenters. The maximum absolute atomic E-state index is 12.2. The van der Waals surface area contributed by atoms with Gasteiger partial charge in [0.25, 0.3) is 0 Å². The zero-order chi connectivity index (χ0) is 9.41. The van der Waals surface area contributed by atoms with Crippen molar-refractivity contribution in [2.75, 3.05) is 13.1 Å². The molecule has 0 aromatic carbocycles. The summed E-state index contributed by atoms with van der Waals surface area (Å²) in [4.78, 5) is 10.2. The van der Waals surface area contributed by atoms with E-state index in [0.29, 0.717) is 0 Å². The van der Waals surface area contributed by atoms with Gasteiger partial charge in [0.15, 0.2) is 0 Å². The fourth-order valence-corrected chi connectivity index (χ4v) is 0.886. The van der Waals surface area contributed by atoms with Gasteiger partial charge in [0.1, 0.15) is 13.1 Å². The van der Waals surface area contributed by atoms with E-state index in [-0.39, 0.29) is 11.3 Å². The summed E-state index contributed by atoms with van der Waals surface area (Å²) in [7, 11) is 0. The SMILES string of the molecule is O=CN1CC(F)(F)OC(F)(F)C1. The zero-order valence-corrected chi connectivity index (χ0v) is 5.77. The van der Waals surface area contributed by atoms with Crippen LogP contribution in [0.2, 0.25) is 0 Å². The summed E-state index contributed by atoms with van der Waals surface area (Å²) in [6.07, 6.45) is -8.00. The van der Waals surface area contributed by atoms with Gasteiger partial charge in [-0.1, -0.05) is 0 Å². The van der Waals surface area contributed by atoms with Crippen molar-refractivity contribution in [3.05, 3.63) is 0 Å². The van der Waals surface area contributed by atoms with E-state index in [1.54, 1.807) is 0 Å². The lowest BCUT2D eigenvalue weighted by Crippen LogP contribution is -2.54. The number of morpholine rings is 1. The van der Waals surface area contributed by atoms with E-state index in [4.69, 9.17) is 0 Å². The first-order valence-corrected chi connectivity index (χ1v) is 3.00. The van der Waals surface area contributed by atoms with E-state index in [1.165, 1.54) is 0 Å². The van der Waals surface area contributed by atoms with Gasteiger partial charge in [-0.25, -0.2) is 0 Å². The highest BCUT2D eigenvalue weighted by Gasteiger charge is 2.51. The lowest BCUT2D eigenvalue weighted by Gasteiger charge is -2.34. The van der Waals surface area contributed by atoms with Crippen molar-refractivity contribution in [1.82, 2.24) is 4.90 Å².